The molecule has 0 aromatic heterocycles. The largest absolute Gasteiger partial charge is 0.372 e. The van der Waals surface area contributed by atoms with E-state index >= 15 is 0 Å². The highest BCUT2D eigenvalue weighted by Gasteiger charge is 2.45. The molecule has 0 radical (unpaired) electrons. The van der Waals surface area contributed by atoms with Gasteiger partial charge in [-0.15, -0.1) is 0 Å². The third-order valence-corrected chi connectivity index (χ3v) is 3.76. The molecule has 0 aliphatic carbocycles. The van der Waals surface area contributed by atoms with Crippen LogP contribution in [0.15, 0.2) is 0 Å². The summed E-state index contributed by atoms with van der Waals surface area (Å²) in [5, 5.41) is 0. The number of hydrogen-bond donors (Lipinski definition) is 0. The van der Waals surface area contributed by atoms with Crippen LogP contribution in [0.1, 0.15) is 19.8 Å². The molecule has 0 aromatic carbocycles. The van der Waals surface area contributed by atoms with Crippen LogP contribution in [-0.2, 0) is 4.74 Å². The van der Waals surface area contributed by atoms with Crippen molar-refractivity contribution in [3.8, 4) is 0 Å². The Kier molecular flexibility index (Phi) is 2.82. The second-order valence-electron chi connectivity index (χ2n) is 4.93. The van der Waals surface area contributed by atoms with Crippen LogP contribution in [0.3, 0.4) is 0 Å². The maximum atomic E-state index is 6.02. The van der Waals surface area contributed by atoms with Gasteiger partial charge in [0.15, 0.2) is 0 Å². The van der Waals surface area contributed by atoms with Gasteiger partial charge in [-0.05, 0) is 33.5 Å². The summed E-state index contributed by atoms with van der Waals surface area (Å²) in [5.74, 6) is 0. The zero-order chi connectivity index (χ0) is 10.2. The highest BCUT2D eigenvalue weighted by atomic mass is 16.5. The van der Waals surface area contributed by atoms with Gasteiger partial charge >= 0.3 is 0 Å². The Morgan fingerprint density at radius 2 is 2.29 bits per heavy atom. The first-order valence-corrected chi connectivity index (χ1v) is 5.68. The highest BCUT2D eigenvalue weighted by Crippen LogP contribution is 2.36. The van der Waals surface area contributed by atoms with E-state index in [1.807, 2.05) is 0 Å². The summed E-state index contributed by atoms with van der Waals surface area (Å²) in [4.78, 5) is 4.79. The van der Waals surface area contributed by atoms with Crippen LogP contribution < -0.4 is 0 Å². The predicted octanol–water partition coefficient (Wildman–Crippen LogP) is 0.801. The fraction of sp³-hybridized carbons (Fsp3) is 1.00. The molecular weight excluding hydrogens is 176 g/mol. The molecule has 2 rings (SSSR count). The molecule has 2 aliphatic heterocycles. The summed E-state index contributed by atoms with van der Waals surface area (Å²) in [6.07, 6.45) is 2.45. The van der Waals surface area contributed by atoms with E-state index in [0.717, 1.165) is 19.7 Å². The van der Waals surface area contributed by atoms with Crippen molar-refractivity contribution in [1.29, 1.82) is 0 Å². The summed E-state index contributed by atoms with van der Waals surface area (Å²) in [6, 6.07) is 0.631. The third-order valence-electron chi connectivity index (χ3n) is 3.76. The molecular formula is C11H22N2O. The van der Waals surface area contributed by atoms with Gasteiger partial charge in [0.2, 0.25) is 0 Å². The molecule has 2 unspecified atom stereocenters. The average Bonchev–Trinajstić information content (AvgIpc) is 2.74. The van der Waals surface area contributed by atoms with Gasteiger partial charge < -0.3 is 14.5 Å². The Morgan fingerprint density at radius 1 is 1.50 bits per heavy atom. The molecule has 1 spiro atoms. The lowest BCUT2D eigenvalue weighted by molar-refractivity contribution is 0.0115. The maximum Gasteiger partial charge on any atom is 0.0837 e. The van der Waals surface area contributed by atoms with Crippen molar-refractivity contribution in [2.24, 2.45) is 0 Å². The van der Waals surface area contributed by atoms with Crippen LogP contribution in [-0.4, -0.2) is 61.8 Å². The number of rotatable bonds is 2. The van der Waals surface area contributed by atoms with Crippen LogP contribution in [0.2, 0.25) is 0 Å². The van der Waals surface area contributed by atoms with Crippen LogP contribution in [0, 0.1) is 0 Å². The SMILES string of the molecule is CCN1CCC2(CC(N(C)C)CO2)C1. The Bertz CT molecular complexity index is 207. The minimum atomic E-state index is 0.199. The predicted molar refractivity (Wildman–Crippen MR) is 57.5 cm³/mol. The van der Waals surface area contributed by atoms with E-state index in [-0.39, 0.29) is 5.60 Å². The van der Waals surface area contributed by atoms with E-state index in [1.54, 1.807) is 0 Å². The zero-order valence-electron chi connectivity index (χ0n) is 9.62. The van der Waals surface area contributed by atoms with Gasteiger partial charge in [0.1, 0.15) is 0 Å². The van der Waals surface area contributed by atoms with Crippen molar-refractivity contribution < 1.29 is 4.74 Å². The highest BCUT2D eigenvalue weighted by molar-refractivity contribution is 4.98. The lowest BCUT2D eigenvalue weighted by Crippen LogP contribution is -2.34. The minimum Gasteiger partial charge on any atom is -0.372 e. The van der Waals surface area contributed by atoms with Gasteiger partial charge in [-0.2, -0.15) is 0 Å². The summed E-state index contributed by atoms with van der Waals surface area (Å²) in [7, 11) is 4.30. The molecule has 2 atom stereocenters. The second-order valence-corrected chi connectivity index (χ2v) is 4.93. The van der Waals surface area contributed by atoms with E-state index in [4.69, 9.17) is 4.74 Å². The maximum absolute atomic E-state index is 6.02. The van der Waals surface area contributed by atoms with E-state index in [1.165, 1.54) is 19.4 Å². The molecule has 3 nitrogen and oxygen atoms in total. The molecule has 0 aromatic rings. The quantitative estimate of drug-likeness (QED) is 0.653. The lowest BCUT2D eigenvalue weighted by Gasteiger charge is -2.24. The molecule has 14 heavy (non-hydrogen) atoms. The number of likely N-dealkylation sites (tertiary alicyclic amines) is 1. The normalized spacial score (nSPS) is 39.0. The van der Waals surface area contributed by atoms with Gasteiger partial charge in [0.05, 0.1) is 12.2 Å². The average molecular weight is 198 g/mol. The molecule has 0 N–H and O–H groups in total. The summed E-state index contributed by atoms with van der Waals surface area (Å²) < 4.78 is 6.02. The van der Waals surface area contributed by atoms with Crippen LogP contribution in [0.25, 0.3) is 0 Å². The van der Waals surface area contributed by atoms with Crippen molar-refractivity contribution in [2.45, 2.75) is 31.4 Å². The van der Waals surface area contributed by atoms with E-state index in [0.29, 0.717) is 6.04 Å². The summed E-state index contributed by atoms with van der Waals surface area (Å²) in [5.41, 5.74) is 0.199. The van der Waals surface area contributed by atoms with Gasteiger partial charge in [0.25, 0.3) is 0 Å². The number of ether oxygens (including phenoxy) is 1. The zero-order valence-corrected chi connectivity index (χ0v) is 9.62. The number of nitrogens with zero attached hydrogens (tertiary/aromatic N) is 2. The Hall–Kier alpha value is -0.120. The van der Waals surface area contributed by atoms with Crippen LogP contribution >= 0.6 is 0 Å². The van der Waals surface area contributed by atoms with Crippen LogP contribution in [0.4, 0.5) is 0 Å². The van der Waals surface area contributed by atoms with E-state index in [2.05, 4.69) is 30.8 Å². The molecule has 0 amide bonds. The Balaban J connectivity index is 1.94. The summed E-state index contributed by atoms with van der Waals surface area (Å²) in [6.45, 7) is 6.68. The molecule has 82 valence electrons. The lowest BCUT2D eigenvalue weighted by atomic mass is 9.97. The Labute approximate surface area is 87.0 Å². The van der Waals surface area contributed by atoms with Crippen molar-refractivity contribution in [1.82, 2.24) is 9.80 Å². The monoisotopic (exact) mass is 198 g/mol. The topological polar surface area (TPSA) is 15.7 Å². The first-order valence-electron chi connectivity index (χ1n) is 5.68. The number of likely N-dealkylation sites (N-methyl/N-ethyl adjacent to an activating group) is 2. The van der Waals surface area contributed by atoms with Gasteiger partial charge in [0, 0.05) is 19.1 Å². The molecule has 0 saturated carbocycles. The molecule has 2 saturated heterocycles. The molecule has 0 bridgehead atoms. The fourth-order valence-corrected chi connectivity index (χ4v) is 2.63. The van der Waals surface area contributed by atoms with Crippen molar-refractivity contribution >= 4 is 0 Å². The first kappa shape index (κ1) is 10.4. The standard InChI is InChI=1S/C11H22N2O/c1-4-13-6-5-11(9-13)7-10(8-14-11)12(2)3/h10H,4-9H2,1-3H3. The molecule has 2 aliphatic rings. The first-order chi connectivity index (χ1) is 6.65. The van der Waals surface area contributed by atoms with Crippen molar-refractivity contribution in [3.05, 3.63) is 0 Å². The van der Waals surface area contributed by atoms with Gasteiger partial charge in [-0.3, -0.25) is 0 Å². The van der Waals surface area contributed by atoms with Crippen LogP contribution in [0.5, 0.6) is 0 Å². The fourth-order valence-electron chi connectivity index (χ4n) is 2.63. The minimum absolute atomic E-state index is 0.199. The van der Waals surface area contributed by atoms with Crippen molar-refractivity contribution in [3.63, 3.8) is 0 Å². The number of hydrogen-bond acceptors (Lipinski definition) is 3. The molecule has 2 fully saturated rings. The molecule has 3 heteroatoms. The summed E-state index contributed by atoms with van der Waals surface area (Å²) >= 11 is 0. The van der Waals surface area contributed by atoms with Gasteiger partial charge in [-0.1, -0.05) is 6.92 Å². The van der Waals surface area contributed by atoms with Gasteiger partial charge in [-0.25, -0.2) is 0 Å². The van der Waals surface area contributed by atoms with E-state index < -0.39 is 0 Å². The van der Waals surface area contributed by atoms with Crippen molar-refractivity contribution in [2.75, 3.05) is 40.3 Å². The smallest absolute Gasteiger partial charge is 0.0837 e. The molecule has 2 heterocycles. The van der Waals surface area contributed by atoms with E-state index in [9.17, 15) is 0 Å². The third kappa shape index (κ3) is 1.81. The Morgan fingerprint density at radius 3 is 2.79 bits per heavy atom. The second kappa shape index (κ2) is 3.80.